The van der Waals surface area contributed by atoms with Gasteiger partial charge in [-0.1, -0.05) is 6.42 Å². The van der Waals surface area contributed by atoms with Crippen LogP contribution < -0.4 is 16.4 Å². The number of carbonyl (C=O) groups excluding carboxylic acids is 1. The van der Waals surface area contributed by atoms with Gasteiger partial charge in [-0.3, -0.25) is 15.0 Å². The second kappa shape index (κ2) is 4.25. The molecule has 0 aromatic heterocycles. The molecule has 0 aromatic rings. The Bertz CT molecular complexity index is 215. The fourth-order valence-electron chi connectivity index (χ4n) is 2.09. The Hall–Kier alpha value is -0.650. The van der Waals surface area contributed by atoms with Crippen molar-refractivity contribution in [3.63, 3.8) is 0 Å². The third-order valence-corrected chi connectivity index (χ3v) is 2.83. The van der Waals surface area contributed by atoms with Crippen molar-refractivity contribution in [2.75, 3.05) is 13.1 Å². The molecule has 2 unspecified atom stereocenters. The third-order valence-electron chi connectivity index (χ3n) is 2.83. The van der Waals surface area contributed by atoms with Gasteiger partial charge in [0, 0.05) is 13.1 Å². The van der Waals surface area contributed by atoms with Crippen molar-refractivity contribution in [1.29, 1.82) is 0 Å². The van der Waals surface area contributed by atoms with Crippen LogP contribution in [0.1, 0.15) is 25.7 Å². The number of piperidine rings is 1. The van der Waals surface area contributed by atoms with Gasteiger partial charge in [0.25, 0.3) is 0 Å². The number of nitrogens with one attached hydrogen (secondary N) is 2. The van der Waals surface area contributed by atoms with E-state index in [9.17, 15) is 4.79 Å². The quantitative estimate of drug-likeness (QED) is 0.513. The number of likely N-dealkylation sites (tertiary alicyclic amines) is 1. The highest BCUT2D eigenvalue weighted by Gasteiger charge is 2.28. The van der Waals surface area contributed by atoms with Crippen LogP contribution in [0.25, 0.3) is 0 Å². The second-order valence-corrected chi connectivity index (χ2v) is 4.04. The third kappa shape index (κ3) is 2.23. The van der Waals surface area contributed by atoms with Gasteiger partial charge in [-0.15, -0.1) is 0 Å². The average molecular weight is 198 g/mol. The summed E-state index contributed by atoms with van der Waals surface area (Å²) >= 11 is 0. The van der Waals surface area contributed by atoms with Gasteiger partial charge in [-0.05, 0) is 12.8 Å². The van der Waals surface area contributed by atoms with Crippen LogP contribution in [-0.2, 0) is 4.79 Å². The fourth-order valence-corrected chi connectivity index (χ4v) is 2.09. The molecule has 2 aliphatic heterocycles. The number of hydrogen-bond donors (Lipinski definition) is 3. The number of carbonyl (C=O) groups is 1. The summed E-state index contributed by atoms with van der Waals surface area (Å²) in [6.45, 7) is 2.09. The number of hydrogen-bond acceptors (Lipinski definition) is 4. The van der Waals surface area contributed by atoms with Gasteiger partial charge in [0.15, 0.2) is 0 Å². The highest BCUT2D eigenvalue weighted by molar-refractivity contribution is 5.77. The standard InChI is InChI=1S/C9H18N4O/c10-7-6-8(14)12-9(11-7)13-4-2-1-3-5-13/h7,9,11H,1-6,10H2,(H,12,14). The Morgan fingerprint density at radius 3 is 2.64 bits per heavy atom. The SMILES string of the molecule is NC1CC(=O)NC(N2CCCCC2)N1. The summed E-state index contributed by atoms with van der Waals surface area (Å²) in [4.78, 5) is 13.5. The summed E-state index contributed by atoms with van der Waals surface area (Å²) in [5, 5.41) is 6.10. The Kier molecular flexibility index (Phi) is 3.00. The van der Waals surface area contributed by atoms with Crippen LogP contribution in [0, 0.1) is 0 Å². The summed E-state index contributed by atoms with van der Waals surface area (Å²) in [7, 11) is 0. The van der Waals surface area contributed by atoms with Crippen molar-refractivity contribution in [2.45, 2.75) is 38.1 Å². The minimum absolute atomic E-state index is 0.0480. The molecule has 0 radical (unpaired) electrons. The smallest absolute Gasteiger partial charge is 0.225 e. The summed E-state index contributed by atoms with van der Waals surface area (Å²) in [6, 6.07) is 0. The van der Waals surface area contributed by atoms with Gasteiger partial charge in [0.05, 0.1) is 12.6 Å². The van der Waals surface area contributed by atoms with Gasteiger partial charge in [0.2, 0.25) is 5.91 Å². The number of nitrogens with zero attached hydrogens (tertiary/aromatic N) is 1. The number of nitrogens with two attached hydrogens (primary N) is 1. The predicted molar refractivity (Wildman–Crippen MR) is 53.1 cm³/mol. The van der Waals surface area contributed by atoms with E-state index in [2.05, 4.69) is 15.5 Å². The zero-order valence-electron chi connectivity index (χ0n) is 8.33. The lowest BCUT2D eigenvalue weighted by molar-refractivity contribution is -0.127. The van der Waals surface area contributed by atoms with Crippen LogP contribution in [0.4, 0.5) is 0 Å². The molecule has 0 bridgehead atoms. The largest absolute Gasteiger partial charge is 0.328 e. The van der Waals surface area contributed by atoms with Crippen molar-refractivity contribution in [2.24, 2.45) is 5.73 Å². The molecule has 14 heavy (non-hydrogen) atoms. The van der Waals surface area contributed by atoms with Gasteiger partial charge < -0.3 is 11.1 Å². The first-order valence-corrected chi connectivity index (χ1v) is 5.31. The van der Waals surface area contributed by atoms with Crippen LogP contribution in [0.5, 0.6) is 0 Å². The molecule has 2 rings (SSSR count). The van der Waals surface area contributed by atoms with E-state index < -0.39 is 0 Å². The lowest BCUT2D eigenvalue weighted by atomic mass is 10.1. The normalized spacial score (nSPS) is 35.4. The lowest BCUT2D eigenvalue weighted by Crippen LogP contribution is -2.66. The van der Waals surface area contributed by atoms with Crippen LogP contribution in [-0.4, -0.2) is 36.4 Å². The van der Waals surface area contributed by atoms with E-state index in [1.54, 1.807) is 0 Å². The maximum atomic E-state index is 11.3. The van der Waals surface area contributed by atoms with E-state index in [1.165, 1.54) is 19.3 Å². The molecule has 2 aliphatic rings. The Labute approximate surface area is 84.0 Å². The minimum Gasteiger partial charge on any atom is -0.328 e. The number of amides is 1. The maximum Gasteiger partial charge on any atom is 0.225 e. The van der Waals surface area contributed by atoms with Gasteiger partial charge in [-0.25, -0.2) is 0 Å². The minimum atomic E-state index is -0.198. The highest BCUT2D eigenvalue weighted by Crippen LogP contribution is 2.11. The zero-order valence-corrected chi connectivity index (χ0v) is 8.33. The van der Waals surface area contributed by atoms with Gasteiger partial charge in [0.1, 0.15) is 6.29 Å². The van der Waals surface area contributed by atoms with E-state index in [0.717, 1.165) is 13.1 Å². The molecule has 0 aliphatic carbocycles. The molecule has 5 heteroatoms. The van der Waals surface area contributed by atoms with Gasteiger partial charge in [-0.2, -0.15) is 0 Å². The molecule has 5 nitrogen and oxygen atoms in total. The van der Waals surface area contributed by atoms with Crippen LogP contribution >= 0.6 is 0 Å². The molecule has 1 amide bonds. The van der Waals surface area contributed by atoms with Crippen molar-refractivity contribution in [1.82, 2.24) is 15.5 Å². The summed E-state index contributed by atoms with van der Waals surface area (Å²) < 4.78 is 0. The summed E-state index contributed by atoms with van der Waals surface area (Å²) in [6.07, 6.45) is 3.85. The Morgan fingerprint density at radius 2 is 2.00 bits per heavy atom. The molecule has 2 fully saturated rings. The van der Waals surface area contributed by atoms with Crippen molar-refractivity contribution >= 4 is 5.91 Å². The highest BCUT2D eigenvalue weighted by atomic mass is 16.2. The fraction of sp³-hybridized carbons (Fsp3) is 0.889. The van der Waals surface area contributed by atoms with Crippen LogP contribution in [0.2, 0.25) is 0 Å². The predicted octanol–water partition coefficient (Wildman–Crippen LogP) is -0.850. The van der Waals surface area contributed by atoms with E-state index >= 15 is 0 Å². The maximum absolute atomic E-state index is 11.3. The van der Waals surface area contributed by atoms with E-state index in [4.69, 9.17) is 5.73 Å². The molecule has 4 N–H and O–H groups in total. The Morgan fingerprint density at radius 1 is 1.29 bits per heavy atom. The first-order chi connectivity index (χ1) is 6.75. The second-order valence-electron chi connectivity index (χ2n) is 4.04. The van der Waals surface area contributed by atoms with Crippen LogP contribution in [0.3, 0.4) is 0 Å². The van der Waals surface area contributed by atoms with E-state index in [0.29, 0.717) is 6.42 Å². The monoisotopic (exact) mass is 198 g/mol. The van der Waals surface area contributed by atoms with Crippen molar-refractivity contribution in [3.8, 4) is 0 Å². The first kappa shape index (κ1) is 9.89. The molecule has 0 saturated carbocycles. The molecule has 2 saturated heterocycles. The van der Waals surface area contributed by atoms with E-state index in [1.807, 2.05) is 0 Å². The molecule has 0 spiro atoms. The molecule has 2 heterocycles. The average Bonchev–Trinajstić information content (AvgIpc) is 2.18. The molecule has 2 atom stereocenters. The van der Waals surface area contributed by atoms with E-state index in [-0.39, 0.29) is 18.4 Å². The van der Waals surface area contributed by atoms with Gasteiger partial charge >= 0.3 is 0 Å². The molecule has 0 aromatic carbocycles. The first-order valence-electron chi connectivity index (χ1n) is 5.31. The summed E-state index contributed by atoms with van der Waals surface area (Å²) in [5.74, 6) is 0.0480. The topological polar surface area (TPSA) is 70.4 Å². The Balaban J connectivity index is 1.91. The molecular weight excluding hydrogens is 180 g/mol. The molecule has 80 valence electrons. The molecular formula is C9H18N4O. The van der Waals surface area contributed by atoms with Crippen molar-refractivity contribution < 1.29 is 4.79 Å². The zero-order chi connectivity index (χ0) is 9.97. The van der Waals surface area contributed by atoms with Crippen molar-refractivity contribution in [3.05, 3.63) is 0 Å². The summed E-state index contributed by atoms with van der Waals surface area (Å²) in [5.41, 5.74) is 5.72. The lowest BCUT2D eigenvalue weighted by Gasteiger charge is -2.39. The number of rotatable bonds is 1. The van der Waals surface area contributed by atoms with Crippen LogP contribution in [0.15, 0.2) is 0 Å².